The Kier molecular flexibility index (Phi) is 5.00. The first-order chi connectivity index (χ1) is 8.88. The number of nitriles is 1. The van der Waals surface area contributed by atoms with Crippen molar-refractivity contribution in [3.63, 3.8) is 0 Å². The molecule has 1 heterocycles. The lowest BCUT2D eigenvalue weighted by Gasteiger charge is -2.23. The quantitative estimate of drug-likeness (QED) is 0.758. The molecular weight excluding hydrogens is 228 g/mol. The van der Waals surface area contributed by atoms with Crippen LogP contribution in [-0.2, 0) is 4.74 Å². The minimum absolute atomic E-state index is 0.667. The Labute approximate surface area is 108 Å². The number of benzene rings is 1. The van der Waals surface area contributed by atoms with Crippen LogP contribution in [0.15, 0.2) is 24.3 Å². The van der Waals surface area contributed by atoms with Crippen LogP contribution >= 0.6 is 0 Å². The second kappa shape index (κ2) is 7.00. The third-order valence-corrected chi connectivity index (χ3v) is 3.13. The van der Waals surface area contributed by atoms with Gasteiger partial charge in [0.2, 0.25) is 0 Å². The highest BCUT2D eigenvalue weighted by Crippen LogP contribution is 2.11. The van der Waals surface area contributed by atoms with Crippen LogP contribution in [0.5, 0.6) is 5.75 Å². The molecule has 4 nitrogen and oxygen atoms in total. The number of morpholine rings is 1. The molecule has 1 aromatic carbocycles. The van der Waals surface area contributed by atoms with Gasteiger partial charge in [-0.2, -0.15) is 5.26 Å². The summed E-state index contributed by atoms with van der Waals surface area (Å²) in [6.07, 6.45) is 1.05. The Balaban J connectivity index is 1.63. The van der Waals surface area contributed by atoms with Crippen molar-refractivity contribution in [2.75, 3.05) is 39.5 Å². The van der Waals surface area contributed by atoms with Crippen molar-refractivity contribution in [3.05, 3.63) is 29.8 Å². The van der Waals surface area contributed by atoms with E-state index in [0.717, 1.165) is 51.6 Å². The Morgan fingerprint density at radius 1 is 1.22 bits per heavy atom. The van der Waals surface area contributed by atoms with E-state index in [1.54, 1.807) is 17.0 Å². The van der Waals surface area contributed by atoms with E-state index < -0.39 is 0 Å². The van der Waals surface area contributed by atoms with Gasteiger partial charge in [-0.1, -0.05) is 0 Å². The summed E-state index contributed by atoms with van der Waals surface area (Å²) in [7, 11) is 0. The molecule has 1 aliphatic rings. The summed E-state index contributed by atoms with van der Waals surface area (Å²) in [6, 6.07) is 9.35. The zero-order valence-electron chi connectivity index (χ0n) is 10.5. The highest BCUT2D eigenvalue weighted by Gasteiger charge is 2.12. The minimum Gasteiger partial charge on any atom is -0.493 e. The highest BCUT2D eigenvalue weighted by atomic mass is 16.5. The molecule has 0 radical (unpaired) electrons. The first kappa shape index (κ1) is 12.9. The topological polar surface area (TPSA) is 46.7 Å². The maximum atomic E-state index is 8.68. The monoisotopic (exact) mass is 247 g/mol. The summed E-state index contributed by atoms with van der Waals surface area (Å²) in [5.74, 6) is 0.839. The summed E-state index contributed by atoms with van der Waals surface area (Å²) in [4.78, 5) is 1.60. The van der Waals surface area contributed by atoms with E-state index in [9.17, 15) is 0 Å². The normalized spacial score (nSPS) is 16.2. The van der Waals surface area contributed by atoms with E-state index in [0.29, 0.717) is 5.56 Å². The second-order valence-electron chi connectivity index (χ2n) is 4.45. The van der Waals surface area contributed by atoms with Gasteiger partial charge in [0.1, 0.15) is 18.8 Å². The van der Waals surface area contributed by atoms with E-state index in [2.05, 4.69) is 6.07 Å². The predicted octanol–water partition coefficient (Wildman–Crippen LogP) is 0.242. The minimum atomic E-state index is 0.667. The number of hydrogen-bond acceptors (Lipinski definition) is 3. The van der Waals surface area contributed by atoms with Crippen LogP contribution in [0.1, 0.15) is 12.0 Å². The van der Waals surface area contributed by atoms with Gasteiger partial charge in [0.25, 0.3) is 0 Å². The average molecular weight is 247 g/mol. The van der Waals surface area contributed by atoms with Gasteiger partial charge >= 0.3 is 0 Å². The van der Waals surface area contributed by atoms with Crippen molar-refractivity contribution in [1.82, 2.24) is 0 Å². The maximum Gasteiger partial charge on any atom is 0.119 e. The number of nitrogens with zero attached hydrogens (tertiary/aromatic N) is 1. The molecule has 96 valence electrons. The van der Waals surface area contributed by atoms with Crippen LogP contribution in [0.4, 0.5) is 0 Å². The highest BCUT2D eigenvalue weighted by molar-refractivity contribution is 5.34. The first-order valence-corrected chi connectivity index (χ1v) is 6.43. The fraction of sp³-hybridized carbons (Fsp3) is 0.500. The number of quaternary nitrogens is 1. The predicted molar refractivity (Wildman–Crippen MR) is 67.7 cm³/mol. The van der Waals surface area contributed by atoms with Crippen molar-refractivity contribution in [3.8, 4) is 11.8 Å². The Hall–Kier alpha value is -1.57. The van der Waals surface area contributed by atoms with Crippen molar-refractivity contribution in [1.29, 1.82) is 5.26 Å². The molecule has 0 aliphatic carbocycles. The van der Waals surface area contributed by atoms with Crippen LogP contribution in [-0.4, -0.2) is 39.5 Å². The van der Waals surface area contributed by atoms with Gasteiger partial charge in [-0.15, -0.1) is 0 Å². The van der Waals surface area contributed by atoms with Gasteiger partial charge in [-0.05, 0) is 24.3 Å². The smallest absolute Gasteiger partial charge is 0.119 e. The van der Waals surface area contributed by atoms with E-state index >= 15 is 0 Å². The Morgan fingerprint density at radius 2 is 1.94 bits per heavy atom. The van der Waals surface area contributed by atoms with Crippen molar-refractivity contribution in [2.24, 2.45) is 0 Å². The number of nitrogens with one attached hydrogen (secondary N) is 1. The maximum absolute atomic E-state index is 8.68. The molecule has 1 N–H and O–H groups in total. The summed E-state index contributed by atoms with van der Waals surface area (Å²) in [5.41, 5.74) is 0.667. The molecule has 0 aromatic heterocycles. The molecular formula is C14H19N2O2+. The van der Waals surface area contributed by atoms with Crippen molar-refractivity contribution < 1.29 is 14.4 Å². The second-order valence-corrected chi connectivity index (χ2v) is 4.45. The molecule has 0 bridgehead atoms. The van der Waals surface area contributed by atoms with Crippen LogP contribution in [0.2, 0.25) is 0 Å². The van der Waals surface area contributed by atoms with E-state index in [1.807, 2.05) is 12.1 Å². The van der Waals surface area contributed by atoms with Crippen LogP contribution < -0.4 is 9.64 Å². The molecule has 2 rings (SSSR count). The molecule has 0 unspecified atom stereocenters. The molecule has 18 heavy (non-hydrogen) atoms. The number of hydrogen-bond donors (Lipinski definition) is 1. The molecule has 0 amide bonds. The SMILES string of the molecule is N#Cc1ccc(OCCC[NH+]2CCOCC2)cc1. The lowest BCUT2D eigenvalue weighted by atomic mass is 10.2. The molecule has 1 aliphatic heterocycles. The first-order valence-electron chi connectivity index (χ1n) is 6.43. The van der Waals surface area contributed by atoms with Crippen LogP contribution in [0, 0.1) is 11.3 Å². The third kappa shape index (κ3) is 4.02. The van der Waals surface area contributed by atoms with Gasteiger partial charge in [0.05, 0.1) is 38.0 Å². The lowest BCUT2D eigenvalue weighted by molar-refractivity contribution is -0.908. The zero-order chi connectivity index (χ0) is 12.6. The molecule has 1 aromatic rings. The molecule has 0 saturated carbocycles. The summed E-state index contributed by atoms with van der Waals surface area (Å²) in [5, 5.41) is 8.68. The fourth-order valence-electron chi connectivity index (χ4n) is 2.05. The van der Waals surface area contributed by atoms with Gasteiger partial charge in [0.15, 0.2) is 0 Å². The fourth-order valence-corrected chi connectivity index (χ4v) is 2.05. The largest absolute Gasteiger partial charge is 0.493 e. The molecule has 0 atom stereocenters. The standard InChI is InChI=1S/C14H18N2O2/c15-12-13-2-4-14(5-3-13)18-9-1-6-16-7-10-17-11-8-16/h2-5H,1,6-11H2/p+1. The Bertz CT molecular complexity index is 391. The van der Waals surface area contributed by atoms with Crippen LogP contribution in [0.3, 0.4) is 0 Å². The molecule has 4 heteroatoms. The number of rotatable bonds is 5. The average Bonchev–Trinajstić information content (AvgIpc) is 2.45. The molecule has 0 spiro atoms. The van der Waals surface area contributed by atoms with Crippen LogP contribution in [0.25, 0.3) is 0 Å². The van der Waals surface area contributed by atoms with Gasteiger partial charge in [-0.25, -0.2) is 0 Å². The lowest BCUT2D eigenvalue weighted by Crippen LogP contribution is -3.14. The van der Waals surface area contributed by atoms with Gasteiger partial charge in [-0.3, -0.25) is 0 Å². The zero-order valence-corrected chi connectivity index (χ0v) is 10.5. The van der Waals surface area contributed by atoms with E-state index in [-0.39, 0.29) is 0 Å². The van der Waals surface area contributed by atoms with Crippen molar-refractivity contribution >= 4 is 0 Å². The van der Waals surface area contributed by atoms with E-state index in [1.165, 1.54) is 0 Å². The Morgan fingerprint density at radius 3 is 2.61 bits per heavy atom. The molecule has 1 fully saturated rings. The summed E-state index contributed by atoms with van der Waals surface area (Å²) in [6.45, 7) is 5.85. The number of ether oxygens (including phenoxy) is 2. The third-order valence-electron chi connectivity index (χ3n) is 3.13. The summed E-state index contributed by atoms with van der Waals surface area (Å²) < 4.78 is 11.0. The van der Waals surface area contributed by atoms with Gasteiger partial charge in [0, 0.05) is 6.42 Å². The van der Waals surface area contributed by atoms with E-state index in [4.69, 9.17) is 14.7 Å². The summed E-state index contributed by atoms with van der Waals surface area (Å²) >= 11 is 0. The van der Waals surface area contributed by atoms with Crippen molar-refractivity contribution in [2.45, 2.75) is 6.42 Å². The van der Waals surface area contributed by atoms with Gasteiger partial charge < -0.3 is 14.4 Å². The molecule has 1 saturated heterocycles.